The van der Waals surface area contributed by atoms with E-state index in [1.165, 1.54) is 4.68 Å². The minimum absolute atomic E-state index is 0.205. The number of para-hydroxylation sites is 1. The molecule has 0 aliphatic carbocycles. The van der Waals surface area contributed by atoms with E-state index in [4.69, 9.17) is 5.73 Å². The first-order chi connectivity index (χ1) is 7.65. The molecular formula is C11H12BrN3O. The average Bonchev–Trinajstić information content (AvgIpc) is 2.57. The summed E-state index contributed by atoms with van der Waals surface area (Å²) in [6.45, 7) is 1.95. The molecule has 84 valence electrons. The largest absolute Gasteiger partial charge is 0.393 e. The molecule has 5 heteroatoms. The van der Waals surface area contributed by atoms with Crippen molar-refractivity contribution in [1.29, 1.82) is 0 Å². The van der Waals surface area contributed by atoms with Gasteiger partial charge in [-0.05, 0) is 34.5 Å². The maximum atomic E-state index is 11.9. The van der Waals surface area contributed by atoms with Crippen LogP contribution in [-0.4, -0.2) is 9.78 Å². The summed E-state index contributed by atoms with van der Waals surface area (Å²) in [5.41, 5.74) is 7.33. The summed E-state index contributed by atoms with van der Waals surface area (Å²) < 4.78 is 2.30. The normalized spacial score (nSPS) is 10.6. The third kappa shape index (κ3) is 1.67. The molecule has 16 heavy (non-hydrogen) atoms. The van der Waals surface area contributed by atoms with Gasteiger partial charge in [0.25, 0.3) is 5.56 Å². The lowest BCUT2D eigenvalue weighted by atomic mass is 10.3. The van der Waals surface area contributed by atoms with Crippen LogP contribution < -0.4 is 11.3 Å². The molecule has 0 fully saturated rings. The highest BCUT2D eigenvalue weighted by Crippen LogP contribution is 2.19. The summed E-state index contributed by atoms with van der Waals surface area (Å²) in [4.78, 5) is 11.9. The van der Waals surface area contributed by atoms with Gasteiger partial charge in [-0.15, -0.1) is 0 Å². The van der Waals surface area contributed by atoms with Gasteiger partial charge in [-0.2, -0.15) is 0 Å². The minimum atomic E-state index is -0.205. The Balaban J connectivity index is 2.66. The monoisotopic (exact) mass is 281 g/mol. The van der Waals surface area contributed by atoms with Crippen molar-refractivity contribution < 1.29 is 0 Å². The third-order valence-electron chi connectivity index (χ3n) is 2.45. The zero-order valence-electron chi connectivity index (χ0n) is 8.83. The number of halogens is 1. The number of H-pyrrole nitrogens is 1. The van der Waals surface area contributed by atoms with Crippen LogP contribution in [0.15, 0.2) is 33.5 Å². The first-order valence-corrected chi connectivity index (χ1v) is 5.78. The first kappa shape index (κ1) is 11.0. The number of nitrogens with zero attached hydrogens (tertiary/aromatic N) is 1. The number of anilines is 1. The summed E-state index contributed by atoms with van der Waals surface area (Å²) in [5, 5.41) is 3.01. The molecule has 0 saturated carbocycles. The van der Waals surface area contributed by atoms with Crippen molar-refractivity contribution in [3.8, 4) is 5.69 Å². The molecule has 4 nitrogen and oxygen atoms in total. The van der Waals surface area contributed by atoms with Gasteiger partial charge in [0.1, 0.15) is 5.69 Å². The molecule has 1 aromatic carbocycles. The summed E-state index contributed by atoms with van der Waals surface area (Å²) in [7, 11) is 0. The van der Waals surface area contributed by atoms with E-state index in [2.05, 4.69) is 21.0 Å². The smallest absolute Gasteiger partial charge is 0.294 e. The van der Waals surface area contributed by atoms with Crippen LogP contribution in [0.3, 0.4) is 0 Å². The van der Waals surface area contributed by atoms with Gasteiger partial charge in [-0.3, -0.25) is 9.89 Å². The molecule has 0 unspecified atom stereocenters. The SMILES string of the molecule is CCc1[nH]n(-c2ccccc2Br)c(=O)c1N. The zero-order chi connectivity index (χ0) is 11.7. The van der Waals surface area contributed by atoms with E-state index in [1.54, 1.807) is 0 Å². The van der Waals surface area contributed by atoms with Crippen LogP contribution in [-0.2, 0) is 6.42 Å². The summed E-state index contributed by atoms with van der Waals surface area (Å²) in [6.07, 6.45) is 0.707. The summed E-state index contributed by atoms with van der Waals surface area (Å²) >= 11 is 3.40. The quantitative estimate of drug-likeness (QED) is 0.885. The lowest BCUT2D eigenvalue weighted by Crippen LogP contribution is -2.16. The molecule has 1 heterocycles. The van der Waals surface area contributed by atoms with E-state index in [0.29, 0.717) is 12.1 Å². The van der Waals surface area contributed by atoms with E-state index < -0.39 is 0 Å². The number of aryl methyl sites for hydroxylation is 1. The Morgan fingerprint density at radius 2 is 2.12 bits per heavy atom. The van der Waals surface area contributed by atoms with E-state index in [1.807, 2.05) is 31.2 Å². The number of nitrogens with two attached hydrogens (primary N) is 1. The van der Waals surface area contributed by atoms with Gasteiger partial charge in [0.2, 0.25) is 0 Å². The second-order valence-electron chi connectivity index (χ2n) is 3.45. The molecular weight excluding hydrogens is 270 g/mol. The number of hydrogen-bond donors (Lipinski definition) is 2. The highest BCUT2D eigenvalue weighted by molar-refractivity contribution is 9.10. The minimum Gasteiger partial charge on any atom is -0.393 e. The maximum Gasteiger partial charge on any atom is 0.294 e. The highest BCUT2D eigenvalue weighted by atomic mass is 79.9. The van der Waals surface area contributed by atoms with Crippen LogP contribution in [0.25, 0.3) is 5.69 Å². The van der Waals surface area contributed by atoms with Gasteiger partial charge in [-0.25, -0.2) is 4.68 Å². The van der Waals surface area contributed by atoms with Crippen molar-refractivity contribution in [3.63, 3.8) is 0 Å². The van der Waals surface area contributed by atoms with Gasteiger partial charge in [0.05, 0.1) is 11.4 Å². The Morgan fingerprint density at radius 1 is 1.44 bits per heavy atom. The van der Waals surface area contributed by atoms with Gasteiger partial charge in [0.15, 0.2) is 0 Å². The van der Waals surface area contributed by atoms with Crippen LogP contribution in [0.2, 0.25) is 0 Å². The maximum absolute atomic E-state index is 11.9. The Morgan fingerprint density at radius 3 is 2.69 bits per heavy atom. The number of hydrogen-bond acceptors (Lipinski definition) is 2. The molecule has 0 aliphatic heterocycles. The second-order valence-corrected chi connectivity index (χ2v) is 4.30. The molecule has 0 spiro atoms. The van der Waals surface area contributed by atoms with E-state index >= 15 is 0 Å². The molecule has 0 aliphatic rings. The molecule has 2 rings (SSSR count). The highest BCUT2D eigenvalue weighted by Gasteiger charge is 2.12. The molecule has 2 aromatic rings. The fourth-order valence-corrected chi connectivity index (χ4v) is 2.03. The number of rotatable bonds is 2. The van der Waals surface area contributed by atoms with Gasteiger partial charge in [0, 0.05) is 4.47 Å². The lowest BCUT2D eigenvalue weighted by molar-refractivity contribution is 0.816. The molecule has 0 bridgehead atoms. The Bertz CT molecular complexity index is 571. The topological polar surface area (TPSA) is 63.8 Å². The van der Waals surface area contributed by atoms with Crippen molar-refractivity contribution >= 4 is 21.6 Å². The molecule has 3 N–H and O–H groups in total. The standard InChI is InChI=1S/C11H12BrN3O/c1-2-8-10(13)11(16)15(14-8)9-6-4-3-5-7(9)12/h3-6,14H,2,13H2,1H3. The molecule has 0 amide bonds. The van der Waals surface area contributed by atoms with Gasteiger partial charge >= 0.3 is 0 Å². The van der Waals surface area contributed by atoms with Gasteiger partial charge < -0.3 is 5.73 Å². The van der Waals surface area contributed by atoms with Crippen LogP contribution in [0.4, 0.5) is 5.69 Å². The van der Waals surface area contributed by atoms with Crippen molar-refractivity contribution in [1.82, 2.24) is 9.78 Å². The van der Waals surface area contributed by atoms with Gasteiger partial charge in [-0.1, -0.05) is 19.1 Å². The Labute approximate surface area is 101 Å². The van der Waals surface area contributed by atoms with Crippen LogP contribution in [0.1, 0.15) is 12.6 Å². The zero-order valence-corrected chi connectivity index (χ0v) is 10.4. The number of nitrogens with one attached hydrogen (secondary N) is 1. The van der Waals surface area contributed by atoms with Crippen LogP contribution >= 0.6 is 15.9 Å². The van der Waals surface area contributed by atoms with Crippen molar-refractivity contribution in [2.24, 2.45) is 0 Å². The second kappa shape index (κ2) is 4.17. The predicted octanol–water partition coefficient (Wildman–Crippen LogP) is 2.07. The third-order valence-corrected chi connectivity index (χ3v) is 3.12. The number of aromatic amines is 1. The number of aromatic nitrogens is 2. The lowest BCUT2D eigenvalue weighted by Gasteiger charge is -2.03. The summed E-state index contributed by atoms with van der Waals surface area (Å²) in [5.74, 6) is 0. The summed E-state index contributed by atoms with van der Waals surface area (Å²) in [6, 6.07) is 7.49. The average molecular weight is 282 g/mol. The molecule has 0 atom stereocenters. The van der Waals surface area contributed by atoms with Crippen LogP contribution in [0, 0.1) is 0 Å². The van der Waals surface area contributed by atoms with Crippen molar-refractivity contribution in [2.45, 2.75) is 13.3 Å². The fraction of sp³-hybridized carbons (Fsp3) is 0.182. The van der Waals surface area contributed by atoms with E-state index in [0.717, 1.165) is 15.9 Å². The molecule has 0 saturated heterocycles. The fourth-order valence-electron chi connectivity index (χ4n) is 1.57. The van der Waals surface area contributed by atoms with E-state index in [9.17, 15) is 4.79 Å². The first-order valence-electron chi connectivity index (χ1n) is 4.99. The van der Waals surface area contributed by atoms with E-state index in [-0.39, 0.29) is 5.56 Å². The predicted molar refractivity (Wildman–Crippen MR) is 67.9 cm³/mol. The molecule has 0 radical (unpaired) electrons. The Hall–Kier alpha value is -1.49. The Kier molecular flexibility index (Phi) is 2.87. The van der Waals surface area contributed by atoms with Crippen molar-refractivity contribution in [2.75, 3.05) is 5.73 Å². The number of nitrogen functional groups attached to an aromatic ring is 1. The number of benzene rings is 1. The van der Waals surface area contributed by atoms with Crippen LogP contribution in [0.5, 0.6) is 0 Å². The molecule has 1 aromatic heterocycles. The van der Waals surface area contributed by atoms with Crippen molar-refractivity contribution in [3.05, 3.63) is 44.8 Å².